The summed E-state index contributed by atoms with van der Waals surface area (Å²) in [5.41, 5.74) is 1.97. The van der Waals surface area contributed by atoms with Crippen molar-refractivity contribution in [1.29, 1.82) is 0 Å². The van der Waals surface area contributed by atoms with Crippen LogP contribution in [0.5, 0.6) is 0 Å². The Balaban J connectivity index is 1.60. The van der Waals surface area contributed by atoms with Crippen molar-refractivity contribution in [2.45, 2.75) is 57.7 Å². The number of nitrogens with one attached hydrogen (secondary N) is 2. The van der Waals surface area contributed by atoms with Crippen LogP contribution in [0, 0.1) is 0 Å². The molecule has 1 saturated carbocycles. The molecule has 2 unspecified atom stereocenters. The third-order valence-electron chi connectivity index (χ3n) is 4.48. The van der Waals surface area contributed by atoms with Crippen molar-refractivity contribution in [1.82, 2.24) is 4.90 Å². The SMILES string of the molecule is CCC(=O)Nc1cccc(NC2CC(C)N(C3CC3)C2)c1. The molecule has 1 aliphatic carbocycles. The number of benzene rings is 1. The minimum absolute atomic E-state index is 0.0570. The summed E-state index contributed by atoms with van der Waals surface area (Å²) in [7, 11) is 0. The summed E-state index contributed by atoms with van der Waals surface area (Å²) < 4.78 is 0. The van der Waals surface area contributed by atoms with Crippen LogP contribution in [0.1, 0.15) is 39.5 Å². The predicted molar refractivity (Wildman–Crippen MR) is 86.6 cm³/mol. The van der Waals surface area contributed by atoms with Gasteiger partial charge in [0.05, 0.1) is 0 Å². The maximum Gasteiger partial charge on any atom is 0.224 e. The van der Waals surface area contributed by atoms with E-state index in [0.717, 1.165) is 24.0 Å². The van der Waals surface area contributed by atoms with Gasteiger partial charge >= 0.3 is 0 Å². The van der Waals surface area contributed by atoms with Crippen molar-refractivity contribution >= 4 is 17.3 Å². The molecule has 2 N–H and O–H groups in total. The van der Waals surface area contributed by atoms with Gasteiger partial charge in [-0.1, -0.05) is 13.0 Å². The Hall–Kier alpha value is -1.55. The molecule has 1 heterocycles. The molecule has 1 saturated heterocycles. The molecular weight excluding hydrogens is 262 g/mol. The van der Waals surface area contributed by atoms with Crippen molar-refractivity contribution in [3.8, 4) is 0 Å². The van der Waals surface area contributed by atoms with Crippen LogP contribution in [-0.4, -0.2) is 35.5 Å². The second-order valence-corrected chi connectivity index (χ2v) is 6.34. The number of hydrogen-bond donors (Lipinski definition) is 2. The maximum absolute atomic E-state index is 11.5. The Kier molecular flexibility index (Phi) is 4.15. The number of carbonyl (C=O) groups is 1. The van der Waals surface area contributed by atoms with Gasteiger partial charge in [0.15, 0.2) is 0 Å². The minimum Gasteiger partial charge on any atom is -0.381 e. The molecule has 2 aliphatic rings. The highest BCUT2D eigenvalue weighted by molar-refractivity contribution is 5.90. The zero-order valence-electron chi connectivity index (χ0n) is 12.9. The number of likely N-dealkylation sites (tertiary alicyclic amines) is 1. The highest BCUT2D eigenvalue weighted by atomic mass is 16.1. The second-order valence-electron chi connectivity index (χ2n) is 6.34. The van der Waals surface area contributed by atoms with Gasteiger partial charge in [0.1, 0.15) is 0 Å². The Morgan fingerprint density at radius 3 is 2.81 bits per heavy atom. The smallest absolute Gasteiger partial charge is 0.224 e. The fourth-order valence-corrected chi connectivity index (χ4v) is 3.25. The van der Waals surface area contributed by atoms with Gasteiger partial charge < -0.3 is 10.6 Å². The van der Waals surface area contributed by atoms with Gasteiger partial charge in [-0.25, -0.2) is 0 Å². The Labute approximate surface area is 126 Å². The lowest BCUT2D eigenvalue weighted by atomic mass is 10.1. The maximum atomic E-state index is 11.5. The first-order valence-electron chi connectivity index (χ1n) is 8.08. The van der Waals surface area contributed by atoms with Crippen molar-refractivity contribution < 1.29 is 4.79 Å². The normalized spacial score (nSPS) is 25.8. The van der Waals surface area contributed by atoms with Crippen LogP contribution in [0.2, 0.25) is 0 Å². The fraction of sp³-hybridized carbons (Fsp3) is 0.588. The molecule has 0 spiro atoms. The van der Waals surface area contributed by atoms with Gasteiger partial charge in [-0.05, 0) is 44.4 Å². The molecule has 4 heteroatoms. The van der Waals surface area contributed by atoms with E-state index in [9.17, 15) is 4.79 Å². The molecule has 2 fully saturated rings. The van der Waals surface area contributed by atoms with Crippen LogP contribution in [0.3, 0.4) is 0 Å². The average molecular weight is 287 g/mol. The molecule has 1 aromatic rings. The number of carbonyl (C=O) groups excluding carboxylic acids is 1. The number of amides is 1. The zero-order chi connectivity index (χ0) is 14.8. The standard InChI is InChI=1S/C17H25N3O/c1-3-17(21)19-14-6-4-5-13(10-14)18-15-9-12(2)20(11-15)16-7-8-16/h4-6,10,12,15-16,18H,3,7-9,11H2,1-2H3,(H,19,21). The van der Waals surface area contributed by atoms with Crippen LogP contribution in [0.15, 0.2) is 24.3 Å². The Morgan fingerprint density at radius 2 is 2.10 bits per heavy atom. The van der Waals surface area contributed by atoms with Crippen molar-refractivity contribution in [2.24, 2.45) is 0 Å². The molecule has 1 amide bonds. The van der Waals surface area contributed by atoms with Gasteiger partial charge in [0.25, 0.3) is 0 Å². The monoisotopic (exact) mass is 287 g/mol. The van der Waals surface area contributed by atoms with E-state index in [0.29, 0.717) is 18.5 Å². The second kappa shape index (κ2) is 6.06. The Morgan fingerprint density at radius 1 is 1.33 bits per heavy atom. The van der Waals surface area contributed by atoms with Gasteiger partial charge in [0.2, 0.25) is 5.91 Å². The summed E-state index contributed by atoms with van der Waals surface area (Å²) in [5, 5.41) is 6.54. The van der Waals surface area contributed by atoms with Crippen LogP contribution >= 0.6 is 0 Å². The first-order chi connectivity index (χ1) is 10.2. The number of rotatable bonds is 5. The molecule has 0 bridgehead atoms. The number of hydrogen-bond acceptors (Lipinski definition) is 3. The number of anilines is 2. The van der Waals surface area contributed by atoms with Crippen molar-refractivity contribution in [3.63, 3.8) is 0 Å². The average Bonchev–Trinajstić information content (AvgIpc) is 3.24. The highest BCUT2D eigenvalue weighted by Gasteiger charge is 2.38. The molecule has 0 aromatic heterocycles. The van der Waals surface area contributed by atoms with E-state index < -0.39 is 0 Å². The van der Waals surface area contributed by atoms with Crippen LogP contribution in [-0.2, 0) is 4.79 Å². The quantitative estimate of drug-likeness (QED) is 0.875. The summed E-state index contributed by atoms with van der Waals surface area (Å²) in [6.07, 6.45) is 4.45. The van der Waals surface area contributed by atoms with E-state index in [2.05, 4.69) is 28.5 Å². The van der Waals surface area contributed by atoms with E-state index in [1.165, 1.54) is 19.3 Å². The molecular formula is C17H25N3O. The molecule has 114 valence electrons. The van der Waals surface area contributed by atoms with Crippen molar-refractivity contribution in [2.75, 3.05) is 17.2 Å². The molecule has 3 rings (SSSR count). The number of nitrogens with zero attached hydrogens (tertiary/aromatic N) is 1. The summed E-state index contributed by atoms with van der Waals surface area (Å²) in [5.74, 6) is 0.0570. The topological polar surface area (TPSA) is 44.4 Å². The first kappa shape index (κ1) is 14.4. The van der Waals surface area contributed by atoms with Crippen LogP contribution in [0.25, 0.3) is 0 Å². The third-order valence-corrected chi connectivity index (χ3v) is 4.48. The largest absolute Gasteiger partial charge is 0.381 e. The zero-order valence-corrected chi connectivity index (χ0v) is 12.9. The van der Waals surface area contributed by atoms with Gasteiger partial charge in [0, 0.05) is 42.5 Å². The Bertz CT molecular complexity index is 513. The molecule has 1 aromatic carbocycles. The molecule has 2 atom stereocenters. The van der Waals surface area contributed by atoms with E-state index in [1.807, 2.05) is 25.1 Å². The van der Waals surface area contributed by atoms with E-state index >= 15 is 0 Å². The molecule has 0 radical (unpaired) electrons. The highest BCUT2D eigenvalue weighted by Crippen LogP contribution is 2.34. The molecule has 21 heavy (non-hydrogen) atoms. The van der Waals surface area contributed by atoms with E-state index in [4.69, 9.17) is 0 Å². The van der Waals surface area contributed by atoms with Crippen LogP contribution < -0.4 is 10.6 Å². The first-order valence-corrected chi connectivity index (χ1v) is 8.08. The van der Waals surface area contributed by atoms with E-state index in [1.54, 1.807) is 0 Å². The summed E-state index contributed by atoms with van der Waals surface area (Å²) in [4.78, 5) is 14.1. The molecule has 1 aliphatic heterocycles. The summed E-state index contributed by atoms with van der Waals surface area (Å²) in [6, 6.07) is 10.1. The predicted octanol–water partition coefficient (Wildman–Crippen LogP) is 3.07. The van der Waals surface area contributed by atoms with Gasteiger partial charge in [-0.3, -0.25) is 9.69 Å². The summed E-state index contributed by atoms with van der Waals surface area (Å²) in [6.45, 7) is 5.33. The van der Waals surface area contributed by atoms with Gasteiger partial charge in [-0.2, -0.15) is 0 Å². The summed E-state index contributed by atoms with van der Waals surface area (Å²) >= 11 is 0. The third kappa shape index (κ3) is 3.56. The van der Waals surface area contributed by atoms with Crippen molar-refractivity contribution in [3.05, 3.63) is 24.3 Å². The van der Waals surface area contributed by atoms with Gasteiger partial charge in [-0.15, -0.1) is 0 Å². The molecule has 4 nitrogen and oxygen atoms in total. The lowest BCUT2D eigenvalue weighted by molar-refractivity contribution is -0.115. The van der Waals surface area contributed by atoms with Crippen LogP contribution in [0.4, 0.5) is 11.4 Å². The lowest BCUT2D eigenvalue weighted by Gasteiger charge is -2.20. The lowest BCUT2D eigenvalue weighted by Crippen LogP contribution is -2.31. The minimum atomic E-state index is 0.0570. The fourth-order valence-electron chi connectivity index (χ4n) is 3.25. The van der Waals surface area contributed by atoms with E-state index in [-0.39, 0.29) is 5.91 Å².